The molecular formula is C14H16N3O5S+. The lowest BCUT2D eigenvalue weighted by Gasteiger charge is -2.09. The van der Waals surface area contributed by atoms with Crippen molar-refractivity contribution < 1.29 is 22.3 Å². The summed E-state index contributed by atoms with van der Waals surface area (Å²) in [5, 5.41) is 11.9. The summed E-state index contributed by atoms with van der Waals surface area (Å²) in [5.41, 5.74) is 2.79. The fourth-order valence-electron chi connectivity index (χ4n) is 1.72. The van der Waals surface area contributed by atoms with Gasteiger partial charge in [0.05, 0.1) is 12.7 Å². The van der Waals surface area contributed by atoms with E-state index in [1.54, 1.807) is 7.11 Å². The summed E-state index contributed by atoms with van der Waals surface area (Å²) in [4.78, 5) is 3.13. The Labute approximate surface area is 133 Å². The average molecular weight is 338 g/mol. The Morgan fingerprint density at radius 2 is 1.74 bits per heavy atom. The van der Waals surface area contributed by atoms with E-state index in [0.717, 1.165) is 16.9 Å². The number of nitrogens with one attached hydrogen (secondary N) is 1. The monoisotopic (exact) mass is 338 g/mol. The maximum absolute atomic E-state index is 8.74. The predicted molar refractivity (Wildman–Crippen MR) is 85.7 cm³/mol. The fourth-order valence-corrected chi connectivity index (χ4v) is 1.72. The Morgan fingerprint density at radius 3 is 2.26 bits per heavy atom. The summed E-state index contributed by atoms with van der Waals surface area (Å²) in [6, 6.07) is 15.6. The van der Waals surface area contributed by atoms with Crippen LogP contribution in [0.15, 0.2) is 48.5 Å². The molecule has 2 rings (SSSR count). The minimum Gasteiger partial charge on any atom is -0.496 e. The highest BCUT2D eigenvalue weighted by molar-refractivity contribution is 7.79. The standard InChI is InChI=1S/C14H14N3O.H2O4S/c1-18-14-9-13(8-7-11(14)10-16-15)17-12-5-3-2-4-6-12;1-5(2,3)4/h2-9,17H,10H2,1H3;(H2,1,2,3,4)/q+1;. The van der Waals surface area contributed by atoms with Crippen molar-refractivity contribution in [3.63, 3.8) is 0 Å². The van der Waals surface area contributed by atoms with Gasteiger partial charge in [0.1, 0.15) is 10.7 Å². The van der Waals surface area contributed by atoms with Gasteiger partial charge in [0.25, 0.3) is 0 Å². The van der Waals surface area contributed by atoms with Gasteiger partial charge >= 0.3 is 16.9 Å². The van der Waals surface area contributed by atoms with E-state index < -0.39 is 10.4 Å². The van der Waals surface area contributed by atoms with E-state index in [-0.39, 0.29) is 6.54 Å². The normalized spacial score (nSPS) is 10.0. The second kappa shape index (κ2) is 8.70. The van der Waals surface area contributed by atoms with Crippen LogP contribution in [0.25, 0.3) is 4.98 Å². The molecule has 0 heterocycles. The zero-order valence-corrected chi connectivity index (χ0v) is 13.1. The highest BCUT2D eigenvalue weighted by atomic mass is 32.3. The second-order valence-electron chi connectivity index (χ2n) is 4.27. The summed E-state index contributed by atoms with van der Waals surface area (Å²) >= 11 is 0. The third-order valence-corrected chi connectivity index (χ3v) is 2.59. The van der Waals surface area contributed by atoms with E-state index in [1.807, 2.05) is 48.5 Å². The summed E-state index contributed by atoms with van der Waals surface area (Å²) in [5.74, 6) is 0.703. The zero-order valence-electron chi connectivity index (χ0n) is 12.2. The molecule has 0 amide bonds. The van der Waals surface area contributed by atoms with Crippen molar-refractivity contribution in [3.8, 4) is 5.75 Å². The third kappa shape index (κ3) is 7.77. The number of hydrogen-bond donors (Lipinski definition) is 3. The van der Waals surface area contributed by atoms with Crippen LogP contribution in [0.3, 0.4) is 0 Å². The molecule has 0 fully saturated rings. The van der Waals surface area contributed by atoms with Crippen LogP contribution in [0.1, 0.15) is 5.56 Å². The molecule has 0 spiro atoms. The number of benzene rings is 2. The van der Waals surface area contributed by atoms with E-state index >= 15 is 0 Å². The van der Waals surface area contributed by atoms with E-state index in [9.17, 15) is 0 Å². The molecule has 122 valence electrons. The first-order chi connectivity index (χ1) is 10.8. The number of diazo groups is 1. The number of para-hydroxylation sites is 1. The molecule has 0 aliphatic rings. The van der Waals surface area contributed by atoms with Gasteiger partial charge < -0.3 is 10.1 Å². The van der Waals surface area contributed by atoms with Crippen LogP contribution >= 0.6 is 0 Å². The molecule has 0 saturated carbocycles. The second-order valence-corrected chi connectivity index (χ2v) is 5.16. The fraction of sp³-hybridized carbons (Fsp3) is 0.143. The van der Waals surface area contributed by atoms with Crippen LogP contribution in [0, 0.1) is 5.39 Å². The number of hydrogen-bond acceptors (Lipinski definition) is 5. The number of methoxy groups -OCH3 is 1. The van der Waals surface area contributed by atoms with Crippen molar-refractivity contribution >= 4 is 21.8 Å². The maximum Gasteiger partial charge on any atom is 0.394 e. The number of anilines is 2. The molecule has 2 aromatic rings. The maximum atomic E-state index is 8.74. The lowest BCUT2D eigenvalue weighted by molar-refractivity contribution is 0.381. The topological polar surface area (TPSA) is 124 Å². The van der Waals surface area contributed by atoms with Crippen LogP contribution in [-0.4, -0.2) is 24.6 Å². The van der Waals surface area contributed by atoms with Crippen LogP contribution in [0.5, 0.6) is 5.75 Å². The van der Waals surface area contributed by atoms with Gasteiger partial charge in [0.15, 0.2) is 0 Å². The molecule has 9 heteroatoms. The Bertz CT molecular complexity index is 765. The Morgan fingerprint density at radius 1 is 1.13 bits per heavy atom. The van der Waals surface area contributed by atoms with Crippen LogP contribution < -0.4 is 10.1 Å². The molecule has 0 aliphatic carbocycles. The van der Waals surface area contributed by atoms with Crippen LogP contribution in [0.2, 0.25) is 0 Å². The minimum absolute atomic E-state index is 0.231. The minimum atomic E-state index is -4.67. The first-order valence-corrected chi connectivity index (χ1v) is 7.73. The summed E-state index contributed by atoms with van der Waals surface area (Å²) in [6.07, 6.45) is 0. The highest BCUT2D eigenvalue weighted by Crippen LogP contribution is 2.26. The summed E-state index contributed by atoms with van der Waals surface area (Å²) in [7, 11) is -3.07. The summed E-state index contributed by atoms with van der Waals surface area (Å²) in [6.45, 7) is 0.231. The van der Waals surface area contributed by atoms with E-state index in [1.165, 1.54) is 0 Å². The largest absolute Gasteiger partial charge is 0.496 e. The molecule has 0 radical (unpaired) electrons. The lowest BCUT2D eigenvalue weighted by atomic mass is 10.1. The van der Waals surface area contributed by atoms with Gasteiger partial charge in [-0.25, -0.2) is 0 Å². The lowest BCUT2D eigenvalue weighted by Crippen LogP contribution is -1.94. The molecule has 23 heavy (non-hydrogen) atoms. The van der Waals surface area contributed by atoms with Crippen LogP contribution in [-0.2, 0) is 16.9 Å². The van der Waals surface area contributed by atoms with E-state index in [4.69, 9.17) is 27.7 Å². The van der Waals surface area contributed by atoms with Crippen molar-refractivity contribution in [2.75, 3.05) is 12.4 Å². The van der Waals surface area contributed by atoms with Crippen molar-refractivity contribution in [1.82, 2.24) is 0 Å². The predicted octanol–water partition coefficient (Wildman–Crippen LogP) is 3.14. The van der Waals surface area contributed by atoms with Crippen molar-refractivity contribution in [2.24, 2.45) is 0 Å². The van der Waals surface area contributed by atoms with E-state index in [0.29, 0.717) is 5.75 Å². The Hall–Kier alpha value is -2.67. The van der Waals surface area contributed by atoms with Crippen molar-refractivity contribution in [1.29, 1.82) is 5.39 Å². The van der Waals surface area contributed by atoms with Gasteiger partial charge in [-0.1, -0.05) is 18.2 Å². The molecular weight excluding hydrogens is 322 g/mol. The molecule has 0 aromatic heterocycles. The van der Waals surface area contributed by atoms with Gasteiger partial charge in [0, 0.05) is 17.4 Å². The first-order valence-electron chi connectivity index (χ1n) is 6.33. The molecule has 8 nitrogen and oxygen atoms in total. The zero-order chi connectivity index (χ0) is 17.3. The molecule has 0 bridgehead atoms. The Kier molecular flexibility index (Phi) is 6.95. The first kappa shape index (κ1) is 18.4. The molecule has 0 aliphatic heterocycles. The number of nitrogens with zero attached hydrogens (tertiary/aromatic N) is 2. The summed E-state index contributed by atoms with van der Waals surface area (Å²) < 4.78 is 36.8. The molecule has 0 atom stereocenters. The van der Waals surface area contributed by atoms with Gasteiger partial charge in [0.2, 0.25) is 5.39 Å². The van der Waals surface area contributed by atoms with Gasteiger partial charge in [-0.2, -0.15) is 8.42 Å². The molecule has 3 N–H and O–H groups in total. The average Bonchev–Trinajstić information content (AvgIpc) is 2.48. The van der Waals surface area contributed by atoms with E-state index in [2.05, 4.69) is 10.3 Å². The van der Waals surface area contributed by atoms with Gasteiger partial charge in [-0.3, -0.25) is 9.11 Å². The van der Waals surface area contributed by atoms with Crippen molar-refractivity contribution in [3.05, 3.63) is 59.1 Å². The highest BCUT2D eigenvalue weighted by Gasteiger charge is 2.09. The SMILES string of the molecule is COc1cc(Nc2ccccc2)ccc1C[N+]#N.O=S(=O)(O)O. The molecule has 0 unspecified atom stereocenters. The number of ether oxygens (including phenoxy) is 1. The van der Waals surface area contributed by atoms with Crippen LogP contribution in [0.4, 0.5) is 11.4 Å². The third-order valence-electron chi connectivity index (χ3n) is 2.59. The Balaban J connectivity index is 0.000000463. The van der Waals surface area contributed by atoms with Gasteiger partial charge in [-0.15, -0.1) is 0 Å². The van der Waals surface area contributed by atoms with Gasteiger partial charge in [-0.05, 0) is 24.3 Å². The smallest absolute Gasteiger partial charge is 0.394 e. The molecule has 2 aromatic carbocycles. The number of rotatable bonds is 4. The quantitative estimate of drug-likeness (QED) is 0.578. The van der Waals surface area contributed by atoms with Crippen molar-refractivity contribution in [2.45, 2.75) is 6.54 Å². The molecule has 0 saturated heterocycles.